The summed E-state index contributed by atoms with van der Waals surface area (Å²) >= 11 is 12.0. The molecule has 30 heavy (non-hydrogen) atoms. The average molecular weight is 450 g/mol. The van der Waals surface area contributed by atoms with Gasteiger partial charge in [0.15, 0.2) is 0 Å². The highest BCUT2D eigenvalue weighted by molar-refractivity contribution is 6.36. The number of benzene rings is 2. The molecule has 3 amide bonds. The summed E-state index contributed by atoms with van der Waals surface area (Å²) in [5, 5.41) is 8.87. The number of amides is 3. The normalized spacial score (nSPS) is 11.6. The number of carbonyl (C=O) groups is 3. The third kappa shape index (κ3) is 7.35. The molecule has 2 aromatic rings. The number of rotatable bonds is 9. The molecule has 0 saturated carbocycles. The zero-order valence-electron chi connectivity index (χ0n) is 16.9. The largest absolute Gasteiger partial charge is 0.353 e. The lowest BCUT2D eigenvalue weighted by Crippen LogP contribution is -2.48. The lowest BCUT2D eigenvalue weighted by molar-refractivity contribution is -0.123. The molecule has 0 heterocycles. The van der Waals surface area contributed by atoms with Crippen molar-refractivity contribution < 1.29 is 14.4 Å². The van der Waals surface area contributed by atoms with Crippen LogP contribution in [-0.2, 0) is 4.79 Å². The van der Waals surface area contributed by atoms with Gasteiger partial charge in [0.05, 0.1) is 10.6 Å². The first-order valence-electron chi connectivity index (χ1n) is 9.64. The second-order valence-corrected chi connectivity index (χ2v) is 8.04. The van der Waals surface area contributed by atoms with Crippen LogP contribution in [0.2, 0.25) is 10.0 Å². The molecular weight excluding hydrogens is 425 g/mol. The average Bonchev–Trinajstić information content (AvgIpc) is 2.70. The van der Waals surface area contributed by atoms with Crippen molar-refractivity contribution in [1.82, 2.24) is 16.0 Å². The Bertz CT molecular complexity index is 888. The van der Waals surface area contributed by atoms with Gasteiger partial charge in [0.25, 0.3) is 11.8 Å². The lowest BCUT2D eigenvalue weighted by atomic mass is 10.0. The fraction of sp³-hybridized carbons (Fsp3) is 0.318. The Morgan fingerprint density at radius 2 is 1.57 bits per heavy atom. The van der Waals surface area contributed by atoms with Gasteiger partial charge in [0, 0.05) is 23.7 Å². The third-order valence-corrected chi connectivity index (χ3v) is 4.80. The molecule has 0 bridgehead atoms. The molecule has 2 aromatic carbocycles. The molecule has 0 unspecified atom stereocenters. The first kappa shape index (κ1) is 23.7. The van der Waals surface area contributed by atoms with Gasteiger partial charge in [-0.25, -0.2) is 0 Å². The highest BCUT2D eigenvalue weighted by atomic mass is 35.5. The Morgan fingerprint density at radius 1 is 0.900 bits per heavy atom. The number of halogens is 2. The van der Waals surface area contributed by atoms with Crippen molar-refractivity contribution in [1.29, 1.82) is 0 Å². The molecule has 160 valence electrons. The lowest BCUT2D eigenvalue weighted by Gasteiger charge is -2.20. The van der Waals surface area contributed by atoms with Crippen LogP contribution in [0.25, 0.3) is 0 Å². The summed E-state index contributed by atoms with van der Waals surface area (Å²) in [6.45, 7) is 4.43. The van der Waals surface area contributed by atoms with Gasteiger partial charge >= 0.3 is 0 Å². The van der Waals surface area contributed by atoms with Crippen molar-refractivity contribution in [3.05, 3.63) is 69.7 Å². The highest BCUT2D eigenvalue weighted by Gasteiger charge is 2.23. The Labute approximate surface area is 186 Å². The van der Waals surface area contributed by atoms with E-state index in [1.54, 1.807) is 30.3 Å². The van der Waals surface area contributed by atoms with E-state index in [0.29, 0.717) is 17.0 Å². The van der Waals surface area contributed by atoms with E-state index in [9.17, 15) is 14.4 Å². The Kier molecular flexibility index (Phi) is 9.15. The van der Waals surface area contributed by atoms with Crippen LogP contribution in [0.5, 0.6) is 0 Å². The van der Waals surface area contributed by atoms with E-state index < -0.39 is 11.9 Å². The molecular formula is C22H25Cl2N3O3. The van der Waals surface area contributed by atoms with Gasteiger partial charge in [-0.2, -0.15) is 0 Å². The summed E-state index contributed by atoms with van der Waals surface area (Å²) < 4.78 is 0. The Hall–Kier alpha value is -2.57. The van der Waals surface area contributed by atoms with Crippen LogP contribution in [0, 0.1) is 5.92 Å². The summed E-state index contributed by atoms with van der Waals surface area (Å²) in [4.78, 5) is 37.2. The van der Waals surface area contributed by atoms with Crippen molar-refractivity contribution in [2.24, 2.45) is 5.92 Å². The molecule has 2 rings (SSSR count). The van der Waals surface area contributed by atoms with Crippen LogP contribution >= 0.6 is 23.2 Å². The molecule has 6 nitrogen and oxygen atoms in total. The Balaban J connectivity index is 1.89. The SMILES string of the molecule is CC(C)C[C@H](NC(=O)c1ccc(Cl)cc1Cl)C(=O)NCCNC(=O)c1ccccc1. The molecule has 0 aromatic heterocycles. The van der Waals surface area contributed by atoms with E-state index in [1.165, 1.54) is 12.1 Å². The van der Waals surface area contributed by atoms with E-state index in [2.05, 4.69) is 16.0 Å². The van der Waals surface area contributed by atoms with Gasteiger partial charge in [0.2, 0.25) is 5.91 Å². The zero-order valence-corrected chi connectivity index (χ0v) is 18.4. The van der Waals surface area contributed by atoms with E-state index in [4.69, 9.17) is 23.2 Å². The molecule has 0 saturated heterocycles. The predicted molar refractivity (Wildman–Crippen MR) is 119 cm³/mol. The molecule has 0 spiro atoms. The monoisotopic (exact) mass is 449 g/mol. The Morgan fingerprint density at radius 3 is 2.20 bits per heavy atom. The van der Waals surface area contributed by atoms with Crippen molar-refractivity contribution in [3.8, 4) is 0 Å². The maximum absolute atomic E-state index is 12.6. The summed E-state index contributed by atoms with van der Waals surface area (Å²) in [7, 11) is 0. The molecule has 0 radical (unpaired) electrons. The van der Waals surface area contributed by atoms with Gasteiger partial charge in [-0.1, -0.05) is 55.2 Å². The van der Waals surface area contributed by atoms with E-state index in [0.717, 1.165) is 0 Å². The molecule has 8 heteroatoms. The van der Waals surface area contributed by atoms with Crippen molar-refractivity contribution in [2.75, 3.05) is 13.1 Å². The van der Waals surface area contributed by atoms with Crippen LogP contribution in [0.3, 0.4) is 0 Å². The molecule has 1 atom stereocenters. The first-order valence-corrected chi connectivity index (χ1v) is 10.4. The first-order chi connectivity index (χ1) is 14.3. The van der Waals surface area contributed by atoms with E-state index in [-0.39, 0.29) is 41.4 Å². The summed E-state index contributed by atoms with van der Waals surface area (Å²) in [6.07, 6.45) is 0.457. The van der Waals surface area contributed by atoms with Crippen LogP contribution in [0.15, 0.2) is 48.5 Å². The minimum absolute atomic E-state index is 0.180. The quantitative estimate of drug-likeness (QED) is 0.510. The minimum Gasteiger partial charge on any atom is -0.353 e. The van der Waals surface area contributed by atoms with Crippen molar-refractivity contribution >= 4 is 40.9 Å². The predicted octanol–water partition coefficient (Wildman–Crippen LogP) is 3.68. The molecule has 0 aliphatic rings. The van der Waals surface area contributed by atoms with Gasteiger partial charge < -0.3 is 16.0 Å². The second kappa shape index (κ2) is 11.6. The van der Waals surface area contributed by atoms with Crippen LogP contribution in [0.1, 0.15) is 41.0 Å². The number of carbonyl (C=O) groups excluding carboxylic acids is 3. The third-order valence-electron chi connectivity index (χ3n) is 4.25. The number of hydrogen-bond acceptors (Lipinski definition) is 3. The van der Waals surface area contributed by atoms with Gasteiger partial charge in [-0.05, 0) is 42.7 Å². The summed E-state index contributed by atoms with van der Waals surface area (Å²) in [5.41, 5.74) is 0.798. The molecule has 3 N–H and O–H groups in total. The van der Waals surface area contributed by atoms with Crippen molar-refractivity contribution in [2.45, 2.75) is 26.3 Å². The molecule has 0 fully saturated rings. The van der Waals surface area contributed by atoms with Gasteiger partial charge in [-0.3, -0.25) is 14.4 Å². The van der Waals surface area contributed by atoms with Crippen molar-refractivity contribution in [3.63, 3.8) is 0 Å². The number of nitrogens with one attached hydrogen (secondary N) is 3. The zero-order chi connectivity index (χ0) is 22.1. The maximum atomic E-state index is 12.6. The molecule has 0 aliphatic heterocycles. The van der Waals surface area contributed by atoms with Crippen LogP contribution < -0.4 is 16.0 Å². The topological polar surface area (TPSA) is 87.3 Å². The van der Waals surface area contributed by atoms with Crippen LogP contribution in [0.4, 0.5) is 0 Å². The molecule has 0 aliphatic carbocycles. The second-order valence-electron chi connectivity index (χ2n) is 7.19. The number of hydrogen-bond donors (Lipinski definition) is 3. The van der Waals surface area contributed by atoms with Crippen LogP contribution in [-0.4, -0.2) is 36.9 Å². The minimum atomic E-state index is -0.728. The maximum Gasteiger partial charge on any atom is 0.253 e. The van der Waals surface area contributed by atoms with E-state index >= 15 is 0 Å². The van der Waals surface area contributed by atoms with Gasteiger partial charge in [-0.15, -0.1) is 0 Å². The summed E-state index contributed by atoms with van der Waals surface area (Å²) in [6, 6.07) is 12.6. The fourth-order valence-corrected chi connectivity index (χ4v) is 3.28. The summed E-state index contributed by atoms with van der Waals surface area (Å²) in [5.74, 6) is -0.806. The highest BCUT2D eigenvalue weighted by Crippen LogP contribution is 2.21. The fourth-order valence-electron chi connectivity index (χ4n) is 2.79. The smallest absolute Gasteiger partial charge is 0.253 e. The van der Waals surface area contributed by atoms with E-state index in [1.807, 2.05) is 19.9 Å². The van der Waals surface area contributed by atoms with Gasteiger partial charge in [0.1, 0.15) is 6.04 Å². The standard InChI is InChI=1S/C22H25Cl2N3O3/c1-14(2)12-19(27-21(29)17-9-8-16(23)13-18(17)24)22(30)26-11-10-25-20(28)15-6-4-3-5-7-15/h3-9,13-14,19H,10-12H2,1-2H3,(H,25,28)(H,26,30)(H,27,29)/t19-/m0/s1.